The predicted octanol–water partition coefficient (Wildman–Crippen LogP) is 3.06. The van der Waals surface area contributed by atoms with Gasteiger partial charge in [-0.15, -0.1) is 0 Å². The summed E-state index contributed by atoms with van der Waals surface area (Å²) in [5.41, 5.74) is 1.28. The smallest absolute Gasteiger partial charge is 0.174 e. The predicted molar refractivity (Wildman–Crippen MR) is 71.8 cm³/mol. The molecule has 17 heavy (non-hydrogen) atoms. The molecular formula is C13H18BrNO2. The fourth-order valence-electron chi connectivity index (χ4n) is 2.38. The normalized spacial score (nSPS) is 23.8. The Kier molecular flexibility index (Phi) is 3.64. The lowest BCUT2D eigenvalue weighted by molar-refractivity contribution is 0.349. The average Bonchev–Trinajstić information content (AvgIpc) is 2.76. The molecule has 1 N–H and O–H groups in total. The van der Waals surface area contributed by atoms with Crippen molar-refractivity contribution in [2.75, 3.05) is 20.8 Å². The van der Waals surface area contributed by atoms with Crippen molar-refractivity contribution in [1.29, 1.82) is 0 Å². The summed E-state index contributed by atoms with van der Waals surface area (Å²) in [5, 5.41) is 3.55. The lowest BCUT2D eigenvalue weighted by Gasteiger charge is -2.26. The Morgan fingerprint density at radius 2 is 2.06 bits per heavy atom. The van der Waals surface area contributed by atoms with Gasteiger partial charge in [-0.1, -0.05) is 0 Å². The summed E-state index contributed by atoms with van der Waals surface area (Å²) in [7, 11) is 3.32. The van der Waals surface area contributed by atoms with Crippen molar-refractivity contribution in [2.24, 2.45) is 0 Å². The van der Waals surface area contributed by atoms with E-state index in [2.05, 4.69) is 40.3 Å². The average molecular weight is 300 g/mol. The maximum atomic E-state index is 5.38. The van der Waals surface area contributed by atoms with Gasteiger partial charge in [0.05, 0.1) is 18.7 Å². The van der Waals surface area contributed by atoms with Gasteiger partial charge in [-0.2, -0.15) is 0 Å². The van der Waals surface area contributed by atoms with E-state index in [0.29, 0.717) is 0 Å². The zero-order valence-corrected chi connectivity index (χ0v) is 12.1. The van der Waals surface area contributed by atoms with Crippen LogP contribution in [0.5, 0.6) is 11.5 Å². The topological polar surface area (TPSA) is 30.5 Å². The van der Waals surface area contributed by atoms with Gasteiger partial charge in [-0.3, -0.25) is 0 Å². The number of nitrogens with one attached hydrogen (secondary N) is 1. The highest BCUT2D eigenvalue weighted by Crippen LogP contribution is 2.41. The molecule has 0 amide bonds. The molecule has 1 atom stereocenters. The zero-order chi connectivity index (χ0) is 12.5. The molecule has 2 rings (SSSR count). The minimum absolute atomic E-state index is 0.0437. The first-order valence-electron chi connectivity index (χ1n) is 5.78. The SMILES string of the molecule is COc1cc(C2(C)CCCN2)cc(Br)c1OC. The van der Waals surface area contributed by atoms with Crippen LogP contribution < -0.4 is 14.8 Å². The van der Waals surface area contributed by atoms with Crippen LogP contribution in [0.25, 0.3) is 0 Å². The van der Waals surface area contributed by atoms with E-state index in [-0.39, 0.29) is 5.54 Å². The highest BCUT2D eigenvalue weighted by Gasteiger charge is 2.31. The molecule has 1 aromatic carbocycles. The van der Waals surface area contributed by atoms with Gasteiger partial charge < -0.3 is 14.8 Å². The van der Waals surface area contributed by atoms with E-state index in [0.717, 1.165) is 28.9 Å². The van der Waals surface area contributed by atoms with Crippen LogP contribution in [0.15, 0.2) is 16.6 Å². The Balaban J connectivity index is 2.46. The van der Waals surface area contributed by atoms with E-state index < -0.39 is 0 Å². The van der Waals surface area contributed by atoms with Gasteiger partial charge in [0.2, 0.25) is 0 Å². The fourth-order valence-corrected chi connectivity index (χ4v) is 2.98. The Labute approximate surface area is 111 Å². The van der Waals surface area contributed by atoms with E-state index in [1.807, 2.05) is 0 Å². The van der Waals surface area contributed by atoms with Crippen LogP contribution in [0.1, 0.15) is 25.3 Å². The maximum Gasteiger partial charge on any atom is 0.174 e. The zero-order valence-electron chi connectivity index (χ0n) is 10.5. The molecular weight excluding hydrogens is 282 g/mol. The Hall–Kier alpha value is -0.740. The van der Waals surface area contributed by atoms with Crippen molar-refractivity contribution in [2.45, 2.75) is 25.3 Å². The molecule has 0 saturated carbocycles. The molecule has 1 unspecified atom stereocenters. The summed E-state index contributed by atoms with van der Waals surface area (Å²) in [5.74, 6) is 1.52. The quantitative estimate of drug-likeness (QED) is 0.930. The van der Waals surface area contributed by atoms with Gasteiger partial charge in [-0.05, 0) is 59.9 Å². The third-order valence-corrected chi connectivity index (χ3v) is 4.03. The number of benzene rings is 1. The molecule has 0 radical (unpaired) electrons. The second-order valence-corrected chi connectivity index (χ2v) is 5.41. The van der Waals surface area contributed by atoms with Crippen LogP contribution in [-0.4, -0.2) is 20.8 Å². The first-order chi connectivity index (χ1) is 8.10. The number of halogens is 1. The molecule has 3 nitrogen and oxygen atoms in total. The second-order valence-electron chi connectivity index (χ2n) is 4.56. The number of hydrogen-bond donors (Lipinski definition) is 1. The van der Waals surface area contributed by atoms with Gasteiger partial charge in [0.25, 0.3) is 0 Å². The fraction of sp³-hybridized carbons (Fsp3) is 0.538. The first kappa shape index (κ1) is 12.7. The number of hydrogen-bond acceptors (Lipinski definition) is 3. The molecule has 0 aromatic heterocycles. The Morgan fingerprint density at radius 3 is 2.59 bits per heavy atom. The Morgan fingerprint density at radius 1 is 1.29 bits per heavy atom. The van der Waals surface area contributed by atoms with Crippen LogP contribution in [0, 0.1) is 0 Å². The van der Waals surface area contributed by atoms with Gasteiger partial charge in [-0.25, -0.2) is 0 Å². The van der Waals surface area contributed by atoms with Crippen molar-refractivity contribution in [3.63, 3.8) is 0 Å². The molecule has 0 aliphatic carbocycles. The first-order valence-corrected chi connectivity index (χ1v) is 6.57. The molecule has 1 fully saturated rings. The Bertz CT molecular complexity index is 414. The van der Waals surface area contributed by atoms with Crippen LogP contribution in [0.4, 0.5) is 0 Å². The molecule has 1 heterocycles. The highest BCUT2D eigenvalue weighted by molar-refractivity contribution is 9.10. The van der Waals surface area contributed by atoms with E-state index in [4.69, 9.17) is 9.47 Å². The van der Waals surface area contributed by atoms with Crippen molar-refractivity contribution in [3.05, 3.63) is 22.2 Å². The standard InChI is InChI=1S/C13H18BrNO2/c1-13(5-4-6-15-13)9-7-10(14)12(17-3)11(8-9)16-2/h7-8,15H,4-6H2,1-3H3. The van der Waals surface area contributed by atoms with Gasteiger partial charge in [0.15, 0.2) is 11.5 Å². The summed E-state index contributed by atoms with van der Waals surface area (Å²) < 4.78 is 11.6. The van der Waals surface area contributed by atoms with Crippen LogP contribution in [0.3, 0.4) is 0 Å². The third kappa shape index (κ3) is 2.29. The summed E-state index contributed by atoms with van der Waals surface area (Å²) in [6, 6.07) is 4.17. The lowest BCUT2D eigenvalue weighted by atomic mass is 9.90. The summed E-state index contributed by atoms with van der Waals surface area (Å²) in [4.78, 5) is 0. The summed E-state index contributed by atoms with van der Waals surface area (Å²) in [6.07, 6.45) is 2.36. The monoisotopic (exact) mass is 299 g/mol. The maximum absolute atomic E-state index is 5.38. The van der Waals surface area contributed by atoms with E-state index in [1.165, 1.54) is 12.0 Å². The van der Waals surface area contributed by atoms with E-state index in [1.54, 1.807) is 14.2 Å². The highest BCUT2D eigenvalue weighted by atomic mass is 79.9. The van der Waals surface area contributed by atoms with Gasteiger partial charge in [0.1, 0.15) is 0 Å². The minimum atomic E-state index is 0.0437. The van der Waals surface area contributed by atoms with Crippen LogP contribution >= 0.6 is 15.9 Å². The van der Waals surface area contributed by atoms with Crippen LogP contribution in [0.2, 0.25) is 0 Å². The molecule has 1 saturated heterocycles. The van der Waals surface area contributed by atoms with Crippen molar-refractivity contribution in [1.82, 2.24) is 5.32 Å². The summed E-state index contributed by atoms with van der Waals surface area (Å²) >= 11 is 3.54. The molecule has 0 bridgehead atoms. The molecule has 1 aromatic rings. The molecule has 1 aliphatic heterocycles. The summed E-state index contributed by atoms with van der Waals surface area (Å²) in [6.45, 7) is 3.30. The van der Waals surface area contributed by atoms with E-state index >= 15 is 0 Å². The number of rotatable bonds is 3. The third-order valence-electron chi connectivity index (χ3n) is 3.44. The molecule has 0 spiro atoms. The number of ether oxygens (including phenoxy) is 2. The molecule has 4 heteroatoms. The van der Waals surface area contributed by atoms with E-state index in [9.17, 15) is 0 Å². The minimum Gasteiger partial charge on any atom is -0.493 e. The van der Waals surface area contributed by atoms with Crippen molar-refractivity contribution >= 4 is 15.9 Å². The van der Waals surface area contributed by atoms with Crippen molar-refractivity contribution in [3.8, 4) is 11.5 Å². The lowest BCUT2D eigenvalue weighted by Crippen LogP contribution is -2.33. The second kappa shape index (κ2) is 4.86. The van der Waals surface area contributed by atoms with Gasteiger partial charge >= 0.3 is 0 Å². The van der Waals surface area contributed by atoms with Gasteiger partial charge in [0, 0.05) is 5.54 Å². The van der Waals surface area contributed by atoms with Crippen LogP contribution in [-0.2, 0) is 5.54 Å². The largest absolute Gasteiger partial charge is 0.493 e. The van der Waals surface area contributed by atoms with Crippen molar-refractivity contribution < 1.29 is 9.47 Å². The number of methoxy groups -OCH3 is 2. The molecule has 1 aliphatic rings. The molecule has 94 valence electrons.